The molecular formula is C11H11ClN4O2. The number of carboxylic acid groups (broad SMARTS) is 1. The SMILES string of the molecule is Cn1cc(CNc2ccc(Cl)c(C(=O)O)n2)cn1. The zero-order valence-electron chi connectivity index (χ0n) is 9.59. The number of rotatable bonds is 4. The van der Waals surface area contributed by atoms with E-state index in [1.54, 1.807) is 16.9 Å². The van der Waals surface area contributed by atoms with Crippen LogP contribution in [0, 0.1) is 0 Å². The summed E-state index contributed by atoms with van der Waals surface area (Å²) in [6, 6.07) is 3.13. The molecule has 7 heteroatoms. The minimum absolute atomic E-state index is 0.120. The number of anilines is 1. The van der Waals surface area contributed by atoms with Gasteiger partial charge in [-0.05, 0) is 12.1 Å². The van der Waals surface area contributed by atoms with E-state index in [2.05, 4.69) is 15.4 Å². The van der Waals surface area contributed by atoms with E-state index in [-0.39, 0.29) is 10.7 Å². The molecule has 0 aliphatic rings. The van der Waals surface area contributed by atoms with Crippen LogP contribution in [0.4, 0.5) is 5.82 Å². The number of aromatic carboxylic acids is 1. The maximum absolute atomic E-state index is 10.9. The summed E-state index contributed by atoms with van der Waals surface area (Å²) in [4.78, 5) is 14.8. The van der Waals surface area contributed by atoms with Crippen LogP contribution in [0.3, 0.4) is 0 Å². The predicted octanol–water partition coefficient (Wildman–Crippen LogP) is 1.78. The van der Waals surface area contributed by atoms with Crippen molar-refractivity contribution in [2.45, 2.75) is 6.54 Å². The molecule has 2 aromatic rings. The van der Waals surface area contributed by atoms with E-state index < -0.39 is 5.97 Å². The zero-order chi connectivity index (χ0) is 13.1. The molecule has 0 aliphatic carbocycles. The van der Waals surface area contributed by atoms with Crippen molar-refractivity contribution in [2.75, 3.05) is 5.32 Å². The first-order valence-electron chi connectivity index (χ1n) is 5.17. The van der Waals surface area contributed by atoms with Gasteiger partial charge in [0.1, 0.15) is 5.82 Å². The van der Waals surface area contributed by atoms with Crippen molar-refractivity contribution in [3.63, 3.8) is 0 Å². The summed E-state index contributed by atoms with van der Waals surface area (Å²) in [6.07, 6.45) is 3.59. The van der Waals surface area contributed by atoms with Gasteiger partial charge in [0.05, 0.1) is 11.2 Å². The summed E-state index contributed by atoms with van der Waals surface area (Å²) < 4.78 is 1.69. The van der Waals surface area contributed by atoms with Gasteiger partial charge in [0.2, 0.25) is 0 Å². The van der Waals surface area contributed by atoms with Gasteiger partial charge in [-0.25, -0.2) is 9.78 Å². The summed E-state index contributed by atoms with van der Waals surface area (Å²) in [5, 5.41) is 16.1. The fourth-order valence-electron chi connectivity index (χ4n) is 1.45. The summed E-state index contributed by atoms with van der Waals surface area (Å²) in [6.45, 7) is 0.515. The van der Waals surface area contributed by atoms with E-state index in [9.17, 15) is 4.79 Å². The fraction of sp³-hybridized carbons (Fsp3) is 0.182. The number of nitrogens with zero attached hydrogens (tertiary/aromatic N) is 3. The molecule has 0 aliphatic heterocycles. The van der Waals surface area contributed by atoms with E-state index in [1.165, 1.54) is 6.07 Å². The first-order chi connectivity index (χ1) is 8.56. The van der Waals surface area contributed by atoms with E-state index in [0.717, 1.165) is 5.56 Å². The molecule has 18 heavy (non-hydrogen) atoms. The number of halogens is 1. The lowest BCUT2D eigenvalue weighted by Gasteiger charge is -2.05. The summed E-state index contributed by atoms with van der Waals surface area (Å²) in [5.41, 5.74) is 0.818. The molecule has 2 N–H and O–H groups in total. The van der Waals surface area contributed by atoms with Gasteiger partial charge < -0.3 is 10.4 Å². The third kappa shape index (κ3) is 2.78. The maximum atomic E-state index is 10.9. The van der Waals surface area contributed by atoms with Crippen LogP contribution in [0.25, 0.3) is 0 Å². The number of hydrogen-bond donors (Lipinski definition) is 2. The molecule has 0 unspecified atom stereocenters. The zero-order valence-corrected chi connectivity index (χ0v) is 10.3. The lowest BCUT2D eigenvalue weighted by atomic mass is 10.3. The molecule has 0 radical (unpaired) electrons. The lowest BCUT2D eigenvalue weighted by Crippen LogP contribution is -2.06. The number of nitrogens with one attached hydrogen (secondary N) is 1. The van der Waals surface area contributed by atoms with Gasteiger partial charge in [-0.3, -0.25) is 4.68 Å². The number of carboxylic acids is 1. The Labute approximate surface area is 108 Å². The third-order valence-electron chi connectivity index (χ3n) is 2.28. The second-order valence-electron chi connectivity index (χ2n) is 3.71. The highest BCUT2D eigenvalue weighted by Crippen LogP contribution is 2.17. The summed E-state index contributed by atoms with van der Waals surface area (Å²) in [7, 11) is 1.83. The lowest BCUT2D eigenvalue weighted by molar-refractivity contribution is 0.0691. The third-order valence-corrected chi connectivity index (χ3v) is 2.59. The largest absolute Gasteiger partial charge is 0.476 e. The second-order valence-corrected chi connectivity index (χ2v) is 4.12. The Morgan fingerprint density at radius 3 is 2.94 bits per heavy atom. The van der Waals surface area contributed by atoms with Gasteiger partial charge in [0, 0.05) is 25.4 Å². The Morgan fingerprint density at radius 1 is 1.56 bits per heavy atom. The van der Waals surface area contributed by atoms with Crippen molar-refractivity contribution in [3.8, 4) is 0 Å². The Bertz CT molecular complexity index is 582. The average molecular weight is 267 g/mol. The van der Waals surface area contributed by atoms with Crippen molar-refractivity contribution in [3.05, 3.63) is 40.8 Å². The topological polar surface area (TPSA) is 80.0 Å². The molecule has 0 spiro atoms. The fourth-order valence-corrected chi connectivity index (χ4v) is 1.63. The molecule has 94 valence electrons. The normalized spacial score (nSPS) is 10.3. The standard InChI is InChI=1S/C11H11ClN4O2/c1-16-6-7(5-14-16)4-13-9-3-2-8(12)10(15-9)11(17)18/h2-3,5-6H,4H2,1H3,(H,13,15)(H,17,18). The highest BCUT2D eigenvalue weighted by atomic mass is 35.5. The maximum Gasteiger partial charge on any atom is 0.356 e. The number of carbonyl (C=O) groups is 1. The summed E-state index contributed by atoms with van der Waals surface area (Å²) in [5.74, 6) is -0.689. The molecular weight excluding hydrogens is 256 g/mol. The minimum Gasteiger partial charge on any atom is -0.476 e. The monoisotopic (exact) mass is 266 g/mol. The number of pyridine rings is 1. The molecule has 0 saturated heterocycles. The van der Waals surface area contributed by atoms with Gasteiger partial charge >= 0.3 is 5.97 Å². The molecule has 2 aromatic heterocycles. The molecule has 0 atom stereocenters. The van der Waals surface area contributed by atoms with Crippen LogP contribution in [0.1, 0.15) is 16.1 Å². The molecule has 6 nitrogen and oxygen atoms in total. The molecule has 0 bridgehead atoms. The molecule has 2 rings (SSSR count). The van der Waals surface area contributed by atoms with E-state index in [4.69, 9.17) is 16.7 Å². The van der Waals surface area contributed by atoms with Crippen molar-refractivity contribution in [1.29, 1.82) is 0 Å². The van der Waals surface area contributed by atoms with Gasteiger partial charge in [-0.1, -0.05) is 11.6 Å². The number of hydrogen-bond acceptors (Lipinski definition) is 4. The quantitative estimate of drug-likeness (QED) is 0.882. The van der Waals surface area contributed by atoms with Crippen molar-refractivity contribution >= 4 is 23.4 Å². The van der Waals surface area contributed by atoms with Crippen LogP contribution in [-0.4, -0.2) is 25.8 Å². The Kier molecular flexibility index (Phi) is 3.47. The Balaban J connectivity index is 2.10. The molecule has 0 amide bonds. The van der Waals surface area contributed by atoms with E-state index in [1.807, 2.05) is 13.2 Å². The van der Waals surface area contributed by atoms with E-state index in [0.29, 0.717) is 12.4 Å². The Morgan fingerprint density at radius 2 is 2.33 bits per heavy atom. The van der Waals surface area contributed by atoms with Crippen molar-refractivity contribution in [2.24, 2.45) is 7.05 Å². The van der Waals surface area contributed by atoms with Gasteiger partial charge in [0.25, 0.3) is 0 Å². The van der Waals surface area contributed by atoms with Crippen LogP contribution in [0.15, 0.2) is 24.5 Å². The van der Waals surface area contributed by atoms with Gasteiger partial charge in [-0.15, -0.1) is 0 Å². The number of aromatic nitrogens is 3. The van der Waals surface area contributed by atoms with Gasteiger partial charge in [-0.2, -0.15) is 5.10 Å². The molecule has 0 aromatic carbocycles. The number of aryl methyl sites for hydroxylation is 1. The summed E-state index contributed by atoms with van der Waals surface area (Å²) >= 11 is 5.73. The minimum atomic E-state index is -1.15. The van der Waals surface area contributed by atoms with Crippen LogP contribution in [0.2, 0.25) is 5.02 Å². The van der Waals surface area contributed by atoms with Crippen molar-refractivity contribution < 1.29 is 9.90 Å². The second kappa shape index (κ2) is 5.05. The van der Waals surface area contributed by atoms with Crippen LogP contribution in [0.5, 0.6) is 0 Å². The first-order valence-corrected chi connectivity index (χ1v) is 5.55. The molecule has 0 saturated carbocycles. The highest BCUT2D eigenvalue weighted by molar-refractivity contribution is 6.33. The molecule has 2 heterocycles. The molecule has 0 fully saturated rings. The predicted molar refractivity (Wildman–Crippen MR) is 66.7 cm³/mol. The van der Waals surface area contributed by atoms with Gasteiger partial charge in [0.15, 0.2) is 5.69 Å². The highest BCUT2D eigenvalue weighted by Gasteiger charge is 2.11. The van der Waals surface area contributed by atoms with Crippen molar-refractivity contribution in [1.82, 2.24) is 14.8 Å². The smallest absolute Gasteiger partial charge is 0.356 e. The first kappa shape index (κ1) is 12.4. The van der Waals surface area contributed by atoms with E-state index >= 15 is 0 Å². The van der Waals surface area contributed by atoms with Crippen LogP contribution in [-0.2, 0) is 13.6 Å². The van der Waals surface area contributed by atoms with Crippen LogP contribution < -0.4 is 5.32 Å². The average Bonchev–Trinajstić information content (AvgIpc) is 2.74. The Hall–Kier alpha value is -2.08. The van der Waals surface area contributed by atoms with Crippen LogP contribution >= 0.6 is 11.6 Å².